The first-order chi connectivity index (χ1) is 10.1. The van der Waals surface area contributed by atoms with E-state index in [1.807, 2.05) is 0 Å². The van der Waals surface area contributed by atoms with E-state index in [1.54, 1.807) is 6.07 Å². The molecule has 0 amide bonds. The third-order valence-corrected chi connectivity index (χ3v) is 3.15. The molecule has 1 fully saturated rings. The quantitative estimate of drug-likeness (QED) is 0.861. The summed E-state index contributed by atoms with van der Waals surface area (Å²) in [5.41, 5.74) is -3.09. The van der Waals surface area contributed by atoms with Crippen LogP contribution in [-0.2, 0) is 11.0 Å². The molecule has 22 heavy (non-hydrogen) atoms. The fourth-order valence-corrected chi connectivity index (χ4v) is 2.01. The standard InChI is InChI=1S/C12H8F3N3O4/c13-12(14,15)8-7(11(21)22)1-5(2-16)9(17-8)18-3-6(4-18)10(19)20/h1,6H,3-4H2,(H,19,20)(H,21,22). The van der Waals surface area contributed by atoms with Gasteiger partial charge in [0.05, 0.1) is 17.0 Å². The molecule has 0 aromatic carbocycles. The first kappa shape index (κ1) is 15.6. The van der Waals surface area contributed by atoms with Crippen LogP contribution in [0.4, 0.5) is 19.0 Å². The van der Waals surface area contributed by atoms with E-state index >= 15 is 0 Å². The van der Waals surface area contributed by atoms with Crippen molar-refractivity contribution in [3.05, 3.63) is 22.9 Å². The monoisotopic (exact) mass is 315 g/mol. The molecule has 0 saturated carbocycles. The van der Waals surface area contributed by atoms with Crippen molar-refractivity contribution in [2.24, 2.45) is 5.92 Å². The molecular weight excluding hydrogens is 307 g/mol. The van der Waals surface area contributed by atoms with Crippen LogP contribution in [0.1, 0.15) is 21.6 Å². The third-order valence-electron chi connectivity index (χ3n) is 3.15. The SMILES string of the molecule is N#Cc1cc(C(=O)O)c(C(F)(F)F)nc1N1CC(C(=O)O)C1. The lowest BCUT2D eigenvalue weighted by Gasteiger charge is -2.38. The molecule has 2 heterocycles. The van der Waals surface area contributed by atoms with Crippen LogP contribution in [0.15, 0.2) is 6.07 Å². The van der Waals surface area contributed by atoms with Crippen LogP contribution in [0.5, 0.6) is 0 Å². The van der Waals surface area contributed by atoms with Crippen LogP contribution in [0.2, 0.25) is 0 Å². The normalized spacial score (nSPS) is 15.1. The highest BCUT2D eigenvalue weighted by Crippen LogP contribution is 2.35. The van der Waals surface area contributed by atoms with E-state index in [0.29, 0.717) is 6.07 Å². The zero-order chi connectivity index (χ0) is 16.7. The van der Waals surface area contributed by atoms with Crippen molar-refractivity contribution in [1.29, 1.82) is 5.26 Å². The van der Waals surface area contributed by atoms with E-state index in [4.69, 9.17) is 15.5 Å². The van der Waals surface area contributed by atoms with Crippen LogP contribution >= 0.6 is 0 Å². The van der Waals surface area contributed by atoms with E-state index in [-0.39, 0.29) is 24.5 Å². The number of alkyl halides is 3. The molecule has 1 saturated heterocycles. The molecule has 0 aliphatic carbocycles. The highest BCUT2D eigenvalue weighted by molar-refractivity contribution is 5.90. The molecule has 0 unspecified atom stereocenters. The molecule has 1 aliphatic rings. The first-order valence-corrected chi connectivity index (χ1v) is 5.88. The molecule has 2 N–H and O–H groups in total. The Kier molecular flexibility index (Phi) is 3.66. The van der Waals surface area contributed by atoms with Gasteiger partial charge in [0, 0.05) is 13.1 Å². The Labute approximate surface area is 121 Å². The van der Waals surface area contributed by atoms with Gasteiger partial charge in [-0.25, -0.2) is 9.78 Å². The summed E-state index contributed by atoms with van der Waals surface area (Å²) in [7, 11) is 0. The Morgan fingerprint density at radius 1 is 1.36 bits per heavy atom. The van der Waals surface area contributed by atoms with E-state index in [0.717, 1.165) is 0 Å². The van der Waals surface area contributed by atoms with Crippen molar-refractivity contribution in [3.8, 4) is 6.07 Å². The summed E-state index contributed by atoms with van der Waals surface area (Å²) in [6, 6.07) is 2.18. The molecule has 0 spiro atoms. The van der Waals surface area contributed by atoms with Crippen molar-refractivity contribution in [1.82, 2.24) is 4.98 Å². The lowest BCUT2D eigenvalue weighted by molar-refractivity contribution is -0.143. The fraction of sp³-hybridized carbons (Fsp3) is 0.333. The van der Waals surface area contributed by atoms with Crippen LogP contribution < -0.4 is 4.90 Å². The minimum absolute atomic E-state index is 0.0965. The number of hydrogen-bond acceptors (Lipinski definition) is 5. The smallest absolute Gasteiger partial charge is 0.434 e. The van der Waals surface area contributed by atoms with Gasteiger partial charge in [-0.2, -0.15) is 18.4 Å². The molecular formula is C12H8F3N3O4. The summed E-state index contributed by atoms with van der Waals surface area (Å²) < 4.78 is 38.7. The predicted molar refractivity (Wildman–Crippen MR) is 64.3 cm³/mol. The minimum atomic E-state index is -5.01. The molecule has 2 rings (SSSR count). The molecule has 1 aromatic rings. The number of aliphatic carboxylic acids is 1. The lowest BCUT2D eigenvalue weighted by Crippen LogP contribution is -2.51. The van der Waals surface area contributed by atoms with Crippen LogP contribution in [0.25, 0.3) is 0 Å². The summed E-state index contributed by atoms with van der Waals surface area (Å²) in [4.78, 5) is 26.1. The van der Waals surface area contributed by atoms with Crippen LogP contribution in [0, 0.1) is 17.2 Å². The summed E-state index contributed by atoms with van der Waals surface area (Å²) in [5, 5.41) is 26.5. The number of pyridine rings is 1. The van der Waals surface area contributed by atoms with E-state index < -0.39 is 35.3 Å². The molecule has 7 nitrogen and oxygen atoms in total. The Bertz CT molecular complexity index is 690. The maximum atomic E-state index is 12.9. The number of nitrogens with zero attached hydrogens (tertiary/aromatic N) is 3. The number of carbonyl (C=O) groups is 2. The average Bonchev–Trinajstić information content (AvgIpc) is 2.34. The zero-order valence-corrected chi connectivity index (χ0v) is 10.8. The number of rotatable bonds is 3. The summed E-state index contributed by atoms with van der Waals surface area (Å²) in [6.07, 6.45) is -5.01. The summed E-state index contributed by atoms with van der Waals surface area (Å²) >= 11 is 0. The lowest BCUT2D eigenvalue weighted by atomic mass is 9.99. The number of carboxylic acids is 2. The van der Waals surface area contributed by atoms with Gasteiger partial charge in [-0.1, -0.05) is 0 Å². The Balaban J connectivity index is 2.49. The molecule has 0 atom stereocenters. The van der Waals surface area contributed by atoms with Gasteiger partial charge in [0.25, 0.3) is 0 Å². The highest BCUT2D eigenvalue weighted by Gasteiger charge is 2.41. The number of halogens is 3. The Morgan fingerprint density at radius 3 is 2.36 bits per heavy atom. The fourth-order valence-electron chi connectivity index (χ4n) is 2.01. The Hall–Kier alpha value is -2.83. The second-order valence-electron chi connectivity index (χ2n) is 4.61. The van der Waals surface area contributed by atoms with Crippen LogP contribution in [-0.4, -0.2) is 40.2 Å². The summed E-state index contributed by atoms with van der Waals surface area (Å²) in [6.45, 7) is -0.193. The molecule has 10 heteroatoms. The number of aromatic carboxylic acids is 1. The average molecular weight is 315 g/mol. The van der Waals surface area contributed by atoms with Gasteiger partial charge in [0.2, 0.25) is 0 Å². The first-order valence-electron chi connectivity index (χ1n) is 5.88. The minimum Gasteiger partial charge on any atom is -0.481 e. The second-order valence-corrected chi connectivity index (χ2v) is 4.61. The van der Waals surface area contributed by atoms with Crippen LogP contribution in [0.3, 0.4) is 0 Å². The van der Waals surface area contributed by atoms with Crippen molar-refractivity contribution in [2.75, 3.05) is 18.0 Å². The molecule has 116 valence electrons. The van der Waals surface area contributed by atoms with E-state index in [1.165, 1.54) is 4.90 Å². The number of anilines is 1. The van der Waals surface area contributed by atoms with Gasteiger partial charge >= 0.3 is 18.1 Å². The van der Waals surface area contributed by atoms with Gasteiger partial charge in [-0.15, -0.1) is 0 Å². The maximum absolute atomic E-state index is 12.9. The number of nitriles is 1. The van der Waals surface area contributed by atoms with Crippen molar-refractivity contribution < 1.29 is 33.0 Å². The maximum Gasteiger partial charge on any atom is 0.434 e. The largest absolute Gasteiger partial charge is 0.481 e. The molecule has 0 radical (unpaired) electrons. The van der Waals surface area contributed by atoms with Crippen molar-refractivity contribution in [2.45, 2.75) is 6.18 Å². The second kappa shape index (κ2) is 5.18. The third kappa shape index (κ3) is 2.65. The molecule has 1 aromatic heterocycles. The van der Waals surface area contributed by atoms with Crippen molar-refractivity contribution >= 4 is 17.8 Å². The van der Waals surface area contributed by atoms with Gasteiger partial charge < -0.3 is 15.1 Å². The van der Waals surface area contributed by atoms with Gasteiger partial charge in [-0.3, -0.25) is 4.79 Å². The topological polar surface area (TPSA) is 115 Å². The predicted octanol–water partition coefficient (Wildman–Crippen LogP) is 1.19. The zero-order valence-electron chi connectivity index (χ0n) is 10.8. The number of hydrogen-bond donors (Lipinski definition) is 2. The van der Waals surface area contributed by atoms with E-state index in [2.05, 4.69) is 4.98 Å². The number of aromatic nitrogens is 1. The molecule has 1 aliphatic heterocycles. The van der Waals surface area contributed by atoms with Gasteiger partial charge in [0.1, 0.15) is 11.9 Å². The summed E-state index contributed by atoms with van der Waals surface area (Å²) in [5.74, 6) is -4.08. The number of carboxylic acid groups (broad SMARTS) is 2. The molecule has 0 bridgehead atoms. The van der Waals surface area contributed by atoms with Gasteiger partial charge in [0.15, 0.2) is 5.69 Å². The van der Waals surface area contributed by atoms with Crippen molar-refractivity contribution in [3.63, 3.8) is 0 Å². The Morgan fingerprint density at radius 2 is 1.95 bits per heavy atom. The van der Waals surface area contributed by atoms with Gasteiger partial charge in [-0.05, 0) is 6.07 Å². The highest BCUT2D eigenvalue weighted by atomic mass is 19.4. The van der Waals surface area contributed by atoms with E-state index in [9.17, 15) is 22.8 Å².